The van der Waals surface area contributed by atoms with Crippen LogP contribution in [0.2, 0.25) is 0 Å². The van der Waals surface area contributed by atoms with Crippen LogP contribution < -0.4 is 9.47 Å². The van der Waals surface area contributed by atoms with Gasteiger partial charge in [0.1, 0.15) is 36.6 Å². The lowest BCUT2D eigenvalue weighted by molar-refractivity contribution is 0.0914. The first kappa shape index (κ1) is 20.9. The third-order valence-corrected chi connectivity index (χ3v) is 5.28. The maximum atomic E-state index is 10.7. The van der Waals surface area contributed by atoms with Crippen molar-refractivity contribution in [1.82, 2.24) is 9.55 Å². The molecule has 0 fully saturated rings. The molecule has 0 amide bonds. The van der Waals surface area contributed by atoms with Gasteiger partial charge in [-0.25, -0.2) is 4.98 Å². The molecule has 31 heavy (non-hydrogen) atoms. The first-order valence-corrected chi connectivity index (χ1v) is 10.5. The summed E-state index contributed by atoms with van der Waals surface area (Å²) in [6.45, 7) is 7.01. The molecule has 3 aromatic carbocycles. The molecule has 0 bridgehead atoms. The summed E-state index contributed by atoms with van der Waals surface area (Å²) in [4.78, 5) is 4.73. The molecular formula is C26H28N2O3. The number of benzene rings is 3. The van der Waals surface area contributed by atoms with Crippen LogP contribution in [-0.4, -0.2) is 27.4 Å². The Morgan fingerprint density at radius 3 is 2.42 bits per heavy atom. The van der Waals surface area contributed by atoms with E-state index in [0.717, 1.165) is 33.9 Å². The second kappa shape index (κ2) is 9.23. The Balaban J connectivity index is 1.48. The Kier molecular flexibility index (Phi) is 6.23. The van der Waals surface area contributed by atoms with Crippen LogP contribution in [0.25, 0.3) is 11.0 Å². The van der Waals surface area contributed by atoms with E-state index in [0.29, 0.717) is 13.2 Å². The molecule has 0 aliphatic carbocycles. The highest BCUT2D eigenvalue weighted by atomic mass is 16.5. The van der Waals surface area contributed by atoms with E-state index in [4.69, 9.17) is 14.5 Å². The van der Waals surface area contributed by atoms with E-state index in [-0.39, 0.29) is 6.61 Å². The Morgan fingerprint density at radius 1 is 0.903 bits per heavy atom. The third kappa shape index (κ3) is 5.06. The van der Waals surface area contributed by atoms with E-state index in [9.17, 15) is 5.11 Å². The standard InChI is InChI=1S/C26H28N2O3/c1-18-8-11-22(12-9-18)30-17-26-27-23-6-4-5-7-24(23)28(26)15-21(29)16-31-25-13-10-19(2)14-20(25)3/h4-14,21,29H,15-17H2,1-3H3. The maximum Gasteiger partial charge on any atom is 0.148 e. The second-order valence-corrected chi connectivity index (χ2v) is 7.96. The van der Waals surface area contributed by atoms with E-state index in [1.807, 2.05) is 79.1 Å². The number of aryl methyl sites for hydroxylation is 3. The first-order valence-electron chi connectivity index (χ1n) is 10.5. The van der Waals surface area contributed by atoms with Gasteiger partial charge in [-0.05, 0) is 56.7 Å². The number of hydrogen-bond acceptors (Lipinski definition) is 4. The largest absolute Gasteiger partial charge is 0.491 e. The van der Waals surface area contributed by atoms with Gasteiger partial charge in [-0.3, -0.25) is 0 Å². The van der Waals surface area contributed by atoms with Crippen molar-refractivity contribution in [2.24, 2.45) is 0 Å². The molecule has 0 saturated heterocycles. The Labute approximate surface area is 182 Å². The third-order valence-electron chi connectivity index (χ3n) is 5.28. The van der Waals surface area contributed by atoms with Crippen molar-refractivity contribution in [3.05, 3.63) is 89.2 Å². The average molecular weight is 417 g/mol. The minimum Gasteiger partial charge on any atom is -0.491 e. The van der Waals surface area contributed by atoms with Gasteiger partial charge in [-0.15, -0.1) is 0 Å². The number of nitrogens with zero attached hydrogens (tertiary/aromatic N) is 2. The van der Waals surface area contributed by atoms with E-state index >= 15 is 0 Å². The average Bonchev–Trinajstić information content (AvgIpc) is 3.10. The van der Waals surface area contributed by atoms with Crippen LogP contribution in [0.15, 0.2) is 66.7 Å². The molecule has 0 aliphatic heterocycles. The van der Waals surface area contributed by atoms with Gasteiger partial charge in [0, 0.05) is 0 Å². The van der Waals surface area contributed by atoms with E-state index < -0.39 is 6.10 Å². The number of aliphatic hydroxyl groups is 1. The van der Waals surface area contributed by atoms with Crippen LogP contribution in [0, 0.1) is 20.8 Å². The summed E-state index contributed by atoms with van der Waals surface area (Å²) in [6, 6.07) is 21.9. The Hall–Kier alpha value is -3.31. The molecule has 1 aromatic heterocycles. The zero-order chi connectivity index (χ0) is 21.8. The number of fused-ring (bicyclic) bond motifs is 1. The molecule has 1 atom stereocenters. The highest BCUT2D eigenvalue weighted by molar-refractivity contribution is 5.75. The lowest BCUT2D eigenvalue weighted by Crippen LogP contribution is -2.25. The van der Waals surface area contributed by atoms with Crippen molar-refractivity contribution in [3.8, 4) is 11.5 Å². The van der Waals surface area contributed by atoms with E-state index in [2.05, 4.69) is 13.0 Å². The molecule has 0 radical (unpaired) electrons. The van der Waals surface area contributed by atoms with Crippen LogP contribution in [0.3, 0.4) is 0 Å². The molecule has 160 valence electrons. The van der Waals surface area contributed by atoms with Gasteiger partial charge in [0.25, 0.3) is 0 Å². The molecule has 0 spiro atoms. The number of aromatic nitrogens is 2. The second-order valence-electron chi connectivity index (χ2n) is 7.96. The predicted octanol–water partition coefficient (Wildman–Crippen LogP) is 4.98. The van der Waals surface area contributed by atoms with Crippen molar-refractivity contribution < 1.29 is 14.6 Å². The van der Waals surface area contributed by atoms with Gasteiger partial charge >= 0.3 is 0 Å². The summed E-state index contributed by atoms with van der Waals surface area (Å²) in [5, 5.41) is 10.7. The number of rotatable bonds is 8. The van der Waals surface area contributed by atoms with Crippen LogP contribution in [0.1, 0.15) is 22.5 Å². The molecule has 4 aromatic rings. The summed E-state index contributed by atoms with van der Waals surface area (Å²) < 4.78 is 13.9. The maximum absolute atomic E-state index is 10.7. The quantitative estimate of drug-likeness (QED) is 0.440. The molecule has 5 heteroatoms. The zero-order valence-electron chi connectivity index (χ0n) is 18.2. The Bertz CT molecular complexity index is 1170. The predicted molar refractivity (Wildman–Crippen MR) is 123 cm³/mol. The molecule has 1 unspecified atom stereocenters. The van der Waals surface area contributed by atoms with Crippen LogP contribution in [0.4, 0.5) is 0 Å². The van der Waals surface area contributed by atoms with E-state index in [1.165, 1.54) is 11.1 Å². The van der Waals surface area contributed by atoms with Gasteiger partial charge in [0.05, 0.1) is 17.6 Å². The number of aliphatic hydroxyl groups excluding tert-OH is 1. The topological polar surface area (TPSA) is 56.5 Å². The van der Waals surface area contributed by atoms with Gasteiger partial charge in [-0.1, -0.05) is 47.5 Å². The van der Waals surface area contributed by atoms with Gasteiger partial charge in [0.2, 0.25) is 0 Å². The fraction of sp³-hybridized carbons (Fsp3) is 0.269. The lowest BCUT2D eigenvalue weighted by Gasteiger charge is -2.17. The van der Waals surface area contributed by atoms with Crippen molar-refractivity contribution in [2.45, 2.75) is 40.0 Å². The Morgan fingerprint density at radius 2 is 1.65 bits per heavy atom. The molecule has 4 rings (SSSR count). The molecule has 1 heterocycles. The summed E-state index contributed by atoms with van der Waals surface area (Å²) >= 11 is 0. The summed E-state index contributed by atoms with van der Waals surface area (Å²) in [5.74, 6) is 2.36. The molecular weight excluding hydrogens is 388 g/mol. The minimum atomic E-state index is -0.684. The first-order chi connectivity index (χ1) is 15.0. The van der Waals surface area contributed by atoms with Crippen LogP contribution in [-0.2, 0) is 13.2 Å². The molecule has 0 saturated carbocycles. The minimum absolute atomic E-state index is 0.203. The zero-order valence-corrected chi connectivity index (χ0v) is 18.2. The fourth-order valence-corrected chi connectivity index (χ4v) is 3.63. The SMILES string of the molecule is Cc1ccc(OCc2nc3ccccc3n2CC(O)COc2ccc(C)cc2C)cc1. The summed E-state index contributed by atoms with van der Waals surface area (Å²) in [7, 11) is 0. The van der Waals surface area contributed by atoms with Gasteiger partial charge < -0.3 is 19.1 Å². The molecule has 0 aliphatic rings. The monoisotopic (exact) mass is 416 g/mol. The van der Waals surface area contributed by atoms with Crippen molar-refractivity contribution in [3.63, 3.8) is 0 Å². The van der Waals surface area contributed by atoms with Crippen LogP contribution in [0.5, 0.6) is 11.5 Å². The van der Waals surface area contributed by atoms with Crippen molar-refractivity contribution >= 4 is 11.0 Å². The number of imidazole rings is 1. The molecule has 5 nitrogen and oxygen atoms in total. The lowest BCUT2D eigenvalue weighted by atomic mass is 10.1. The summed E-state index contributed by atoms with van der Waals surface area (Å²) in [6.07, 6.45) is -0.684. The molecule has 1 N–H and O–H groups in total. The van der Waals surface area contributed by atoms with Crippen molar-refractivity contribution in [2.75, 3.05) is 6.61 Å². The number of para-hydroxylation sites is 2. The highest BCUT2D eigenvalue weighted by Crippen LogP contribution is 2.21. The van der Waals surface area contributed by atoms with Crippen molar-refractivity contribution in [1.29, 1.82) is 0 Å². The summed E-state index contributed by atoms with van der Waals surface area (Å²) in [5.41, 5.74) is 5.29. The van der Waals surface area contributed by atoms with Gasteiger partial charge in [0.15, 0.2) is 0 Å². The van der Waals surface area contributed by atoms with Crippen LogP contribution >= 0.6 is 0 Å². The number of hydrogen-bond donors (Lipinski definition) is 1. The van der Waals surface area contributed by atoms with Gasteiger partial charge in [-0.2, -0.15) is 0 Å². The fourth-order valence-electron chi connectivity index (χ4n) is 3.63. The normalized spacial score (nSPS) is 12.1. The smallest absolute Gasteiger partial charge is 0.148 e. The highest BCUT2D eigenvalue weighted by Gasteiger charge is 2.16. The number of ether oxygens (including phenoxy) is 2. The van der Waals surface area contributed by atoms with E-state index in [1.54, 1.807) is 0 Å².